The van der Waals surface area contributed by atoms with E-state index in [2.05, 4.69) is 18.2 Å². The van der Waals surface area contributed by atoms with E-state index in [1.807, 2.05) is 54.6 Å². The molecule has 0 spiro atoms. The highest BCUT2D eigenvalue weighted by Gasteiger charge is 2.22. The van der Waals surface area contributed by atoms with Crippen LogP contribution in [0.5, 0.6) is 0 Å². The van der Waals surface area contributed by atoms with Gasteiger partial charge in [0, 0.05) is 0 Å². The van der Waals surface area contributed by atoms with Crippen molar-refractivity contribution < 1.29 is 26.3 Å². The lowest BCUT2D eigenvalue weighted by molar-refractivity contribution is 0.447. The minimum Gasteiger partial charge on any atom is -0.204 e. The number of hydrogen-bond acceptors (Lipinski definition) is 0. The molecule has 0 unspecified atom stereocenters. The normalized spacial score (nSPS) is 11.7. The number of rotatable bonds is 3. The lowest BCUT2D eigenvalue weighted by Gasteiger charge is -2.20. The van der Waals surface area contributed by atoms with Crippen LogP contribution in [0.25, 0.3) is 76.5 Å². The van der Waals surface area contributed by atoms with Crippen LogP contribution in [0.4, 0.5) is 26.3 Å². The van der Waals surface area contributed by atoms with Crippen LogP contribution >= 0.6 is 0 Å². The zero-order chi connectivity index (χ0) is 31.7. The van der Waals surface area contributed by atoms with Gasteiger partial charge in [-0.2, -0.15) is 0 Å². The Morgan fingerprint density at radius 1 is 0.304 bits per heavy atom. The lowest BCUT2D eigenvalue weighted by Crippen LogP contribution is -1.96. The van der Waals surface area contributed by atoms with Crippen molar-refractivity contribution in [1.82, 2.24) is 0 Å². The minimum atomic E-state index is -1.59. The molecule has 8 aromatic rings. The molecule has 0 saturated carbocycles. The van der Waals surface area contributed by atoms with Gasteiger partial charge in [0.1, 0.15) is 0 Å². The van der Waals surface area contributed by atoms with Crippen molar-refractivity contribution >= 4 is 43.1 Å². The van der Waals surface area contributed by atoms with E-state index in [9.17, 15) is 26.3 Å². The second-order valence-corrected chi connectivity index (χ2v) is 11.3. The summed E-state index contributed by atoms with van der Waals surface area (Å²) in [6.07, 6.45) is 0. The van der Waals surface area contributed by atoms with Gasteiger partial charge in [0.15, 0.2) is 34.9 Å². The average Bonchev–Trinajstić information content (AvgIpc) is 3.07. The second-order valence-electron chi connectivity index (χ2n) is 11.3. The fraction of sp³-hybridized carbons (Fsp3) is 0. The molecule has 0 bridgehead atoms. The average molecular weight is 615 g/mol. The quantitative estimate of drug-likeness (QED) is 0.0804. The van der Waals surface area contributed by atoms with Crippen molar-refractivity contribution in [2.24, 2.45) is 0 Å². The molecule has 0 atom stereocenters. The largest absolute Gasteiger partial charge is 0.204 e. The topological polar surface area (TPSA) is 0 Å². The first kappa shape index (κ1) is 27.9. The lowest BCUT2D eigenvalue weighted by atomic mass is 9.83. The molecule has 46 heavy (non-hydrogen) atoms. The predicted molar refractivity (Wildman–Crippen MR) is 173 cm³/mol. The van der Waals surface area contributed by atoms with Gasteiger partial charge in [0.25, 0.3) is 0 Å². The highest BCUT2D eigenvalue weighted by molar-refractivity contribution is 6.26. The Morgan fingerprint density at radius 2 is 0.783 bits per heavy atom. The second kappa shape index (κ2) is 10.5. The Hall–Kier alpha value is -5.62. The molecule has 0 aliphatic rings. The zero-order valence-corrected chi connectivity index (χ0v) is 23.8. The van der Waals surface area contributed by atoms with Crippen molar-refractivity contribution in [3.05, 3.63) is 156 Å². The highest BCUT2D eigenvalue weighted by atomic mass is 19.2. The third-order valence-electron chi connectivity index (χ3n) is 8.65. The molecule has 0 amide bonds. The third kappa shape index (κ3) is 4.25. The van der Waals surface area contributed by atoms with Gasteiger partial charge >= 0.3 is 0 Å². The van der Waals surface area contributed by atoms with E-state index in [-0.39, 0.29) is 11.1 Å². The van der Waals surface area contributed by atoms with Crippen LogP contribution in [0.3, 0.4) is 0 Å². The van der Waals surface area contributed by atoms with E-state index in [1.54, 1.807) is 24.3 Å². The zero-order valence-electron chi connectivity index (χ0n) is 23.8. The van der Waals surface area contributed by atoms with Crippen molar-refractivity contribution in [2.75, 3.05) is 0 Å². The summed E-state index contributed by atoms with van der Waals surface area (Å²) >= 11 is 0. The molecule has 0 heterocycles. The van der Waals surface area contributed by atoms with E-state index in [4.69, 9.17) is 0 Å². The summed E-state index contributed by atoms with van der Waals surface area (Å²) in [5.74, 6) is -8.57. The molecule has 0 N–H and O–H groups in total. The van der Waals surface area contributed by atoms with Crippen LogP contribution < -0.4 is 0 Å². The SMILES string of the molecule is Fc1cc(-c2ccc3c(-c4cc5ccccc5c5ccccc45)c4ccccc4c(-c4cc(F)c(F)c(F)c4)c3c2)cc(F)c1F. The maximum absolute atomic E-state index is 14.7. The summed E-state index contributed by atoms with van der Waals surface area (Å²) in [7, 11) is 0. The molecule has 0 aliphatic carbocycles. The van der Waals surface area contributed by atoms with E-state index < -0.39 is 34.9 Å². The molecule has 8 aromatic carbocycles. The third-order valence-corrected chi connectivity index (χ3v) is 8.65. The van der Waals surface area contributed by atoms with E-state index >= 15 is 0 Å². The summed E-state index contributed by atoms with van der Waals surface area (Å²) in [5, 5.41) is 6.69. The predicted octanol–water partition coefficient (Wildman–Crippen LogP) is 12.1. The Labute approximate surface area is 258 Å². The van der Waals surface area contributed by atoms with Crippen molar-refractivity contribution in [3.63, 3.8) is 0 Å². The molecule has 222 valence electrons. The molecule has 0 aromatic heterocycles. The molecule has 0 radical (unpaired) electrons. The molecular weight excluding hydrogens is 594 g/mol. The van der Waals surface area contributed by atoms with Gasteiger partial charge in [-0.25, -0.2) is 26.3 Å². The van der Waals surface area contributed by atoms with Crippen LogP contribution in [0.15, 0.2) is 121 Å². The Balaban J connectivity index is 1.57. The summed E-state index contributed by atoms with van der Waals surface area (Å²) in [6.45, 7) is 0. The van der Waals surface area contributed by atoms with Gasteiger partial charge < -0.3 is 0 Å². The maximum Gasteiger partial charge on any atom is 0.194 e. The standard InChI is InChI=1S/C40H20F6/c41-33-17-23(18-34(42)39(33)45)21-13-14-30-32(15-21)37(24-19-35(43)40(46)36(44)20-24)28-11-5-6-12-29(28)38(30)31-16-22-7-1-2-8-25(22)26-9-3-4-10-27(26)31/h1-20H. The molecule has 8 rings (SSSR count). The van der Waals surface area contributed by atoms with Gasteiger partial charge in [-0.3, -0.25) is 0 Å². The Kier molecular flexibility index (Phi) is 6.36. The van der Waals surface area contributed by atoms with Crippen LogP contribution in [0, 0.1) is 34.9 Å². The van der Waals surface area contributed by atoms with E-state index in [0.29, 0.717) is 27.3 Å². The number of fused-ring (bicyclic) bond motifs is 5. The van der Waals surface area contributed by atoms with Crippen molar-refractivity contribution in [3.8, 4) is 33.4 Å². The summed E-state index contributed by atoms with van der Waals surface area (Å²) < 4.78 is 86.2. The first-order valence-corrected chi connectivity index (χ1v) is 14.5. The number of benzene rings is 8. The van der Waals surface area contributed by atoms with Crippen LogP contribution in [-0.2, 0) is 0 Å². The molecule has 0 saturated heterocycles. The van der Waals surface area contributed by atoms with E-state index in [0.717, 1.165) is 62.3 Å². The fourth-order valence-corrected chi connectivity index (χ4v) is 6.64. The first-order valence-electron chi connectivity index (χ1n) is 14.5. The maximum atomic E-state index is 14.7. The molecule has 6 heteroatoms. The molecule has 0 fully saturated rings. The highest BCUT2D eigenvalue weighted by Crippen LogP contribution is 2.47. The molecule has 0 aliphatic heterocycles. The summed E-state index contributed by atoms with van der Waals surface area (Å²) in [6, 6.07) is 34.4. The number of hydrogen-bond donors (Lipinski definition) is 0. The summed E-state index contributed by atoms with van der Waals surface area (Å²) in [5.41, 5.74) is 2.65. The van der Waals surface area contributed by atoms with Crippen LogP contribution in [0.1, 0.15) is 0 Å². The molecular formula is C40H20F6. The minimum absolute atomic E-state index is 0.0755. The van der Waals surface area contributed by atoms with Gasteiger partial charge in [-0.1, -0.05) is 84.9 Å². The van der Waals surface area contributed by atoms with Gasteiger partial charge in [0.05, 0.1) is 0 Å². The van der Waals surface area contributed by atoms with Gasteiger partial charge in [-0.15, -0.1) is 0 Å². The fourth-order valence-electron chi connectivity index (χ4n) is 6.64. The first-order chi connectivity index (χ1) is 22.3. The Bertz CT molecular complexity index is 2500. The van der Waals surface area contributed by atoms with Gasteiger partial charge in [-0.05, 0) is 113 Å². The van der Waals surface area contributed by atoms with Crippen molar-refractivity contribution in [1.29, 1.82) is 0 Å². The van der Waals surface area contributed by atoms with Gasteiger partial charge in [0.2, 0.25) is 0 Å². The smallest absolute Gasteiger partial charge is 0.194 e. The monoisotopic (exact) mass is 614 g/mol. The summed E-state index contributed by atoms with van der Waals surface area (Å²) in [4.78, 5) is 0. The van der Waals surface area contributed by atoms with Crippen LogP contribution in [0.2, 0.25) is 0 Å². The van der Waals surface area contributed by atoms with Crippen molar-refractivity contribution in [2.45, 2.75) is 0 Å². The van der Waals surface area contributed by atoms with E-state index in [1.165, 1.54) is 0 Å². The molecule has 0 nitrogen and oxygen atoms in total. The number of halogens is 6. The Morgan fingerprint density at radius 3 is 1.41 bits per heavy atom. The van der Waals surface area contributed by atoms with Crippen LogP contribution in [-0.4, -0.2) is 0 Å².